The van der Waals surface area contributed by atoms with Crippen LogP contribution in [0.25, 0.3) is 11.1 Å². The van der Waals surface area contributed by atoms with Crippen LogP contribution in [0.3, 0.4) is 0 Å². The summed E-state index contributed by atoms with van der Waals surface area (Å²) in [4.78, 5) is 42.1. The van der Waals surface area contributed by atoms with E-state index in [-0.39, 0.29) is 13.0 Å². The summed E-state index contributed by atoms with van der Waals surface area (Å²) in [5.74, 6) is -2.03. The second-order valence-corrected chi connectivity index (χ2v) is 9.41. The fourth-order valence-electron chi connectivity index (χ4n) is 4.76. The van der Waals surface area contributed by atoms with Gasteiger partial charge in [0.1, 0.15) is 0 Å². The van der Waals surface area contributed by atoms with Gasteiger partial charge in [0.2, 0.25) is 5.72 Å². The standard InChI is InChI=1S/C27H31ClN4O4/c1-2-27(26(29)35,32-24(33)11-12-25(32)34)36-18-17-30-13-15-31(16-14-30)19-21-5-3-4-6-23(21)20-7-9-22(28)10-8-20/h3-12H,2,13-19H2,1H3,(H2,29,35). The molecular weight excluding hydrogens is 480 g/mol. The van der Waals surface area contributed by atoms with Crippen molar-refractivity contribution in [3.63, 3.8) is 0 Å². The van der Waals surface area contributed by atoms with Crippen molar-refractivity contribution in [2.24, 2.45) is 5.73 Å². The minimum absolute atomic E-state index is 0.0856. The molecule has 8 nitrogen and oxygen atoms in total. The van der Waals surface area contributed by atoms with Crippen LogP contribution in [0.2, 0.25) is 5.02 Å². The Balaban J connectivity index is 1.31. The highest BCUT2D eigenvalue weighted by Gasteiger charge is 2.49. The molecule has 1 unspecified atom stereocenters. The van der Waals surface area contributed by atoms with E-state index >= 15 is 0 Å². The maximum Gasteiger partial charge on any atom is 0.271 e. The van der Waals surface area contributed by atoms with Crippen molar-refractivity contribution < 1.29 is 19.1 Å². The van der Waals surface area contributed by atoms with E-state index in [1.54, 1.807) is 6.92 Å². The first-order valence-corrected chi connectivity index (χ1v) is 12.5. The van der Waals surface area contributed by atoms with Crippen LogP contribution >= 0.6 is 11.6 Å². The second-order valence-electron chi connectivity index (χ2n) is 8.98. The zero-order valence-corrected chi connectivity index (χ0v) is 21.1. The summed E-state index contributed by atoms with van der Waals surface area (Å²) in [5, 5.41) is 0.721. The molecule has 36 heavy (non-hydrogen) atoms. The number of nitrogens with zero attached hydrogens (tertiary/aromatic N) is 3. The molecule has 2 heterocycles. The Morgan fingerprint density at radius 2 is 1.58 bits per heavy atom. The van der Waals surface area contributed by atoms with E-state index in [1.165, 1.54) is 11.1 Å². The lowest BCUT2D eigenvalue weighted by Crippen LogP contribution is -2.61. The quantitative estimate of drug-likeness (QED) is 0.494. The molecule has 0 radical (unpaired) electrons. The second kappa shape index (κ2) is 11.3. The van der Waals surface area contributed by atoms with Gasteiger partial charge in [0.15, 0.2) is 0 Å². The molecule has 1 fully saturated rings. The molecule has 190 valence electrons. The van der Waals surface area contributed by atoms with Gasteiger partial charge in [-0.15, -0.1) is 0 Å². The summed E-state index contributed by atoms with van der Waals surface area (Å²) in [7, 11) is 0. The van der Waals surface area contributed by atoms with Crippen molar-refractivity contribution in [2.45, 2.75) is 25.6 Å². The lowest BCUT2D eigenvalue weighted by Gasteiger charge is -2.38. The summed E-state index contributed by atoms with van der Waals surface area (Å²) < 4.78 is 5.87. The number of carbonyl (C=O) groups excluding carboxylic acids is 3. The Morgan fingerprint density at radius 3 is 2.19 bits per heavy atom. The van der Waals surface area contributed by atoms with Crippen molar-refractivity contribution in [3.8, 4) is 11.1 Å². The third kappa shape index (κ3) is 5.52. The fraction of sp³-hybridized carbons (Fsp3) is 0.370. The van der Waals surface area contributed by atoms with E-state index in [4.69, 9.17) is 22.1 Å². The molecule has 0 spiro atoms. The molecule has 9 heteroatoms. The summed E-state index contributed by atoms with van der Waals surface area (Å²) in [6, 6.07) is 16.3. The highest BCUT2D eigenvalue weighted by Crippen LogP contribution is 2.27. The zero-order valence-electron chi connectivity index (χ0n) is 20.4. The molecule has 2 aliphatic heterocycles. The van der Waals surface area contributed by atoms with Gasteiger partial charge in [-0.05, 0) is 28.8 Å². The molecule has 2 N–H and O–H groups in total. The van der Waals surface area contributed by atoms with Gasteiger partial charge in [0.25, 0.3) is 17.7 Å². The van der Waals surface area contributed by atoms with Gasteiger partial charge in [-0.2, -0.15) is 0 Å². The molecule has 3 amide bonds. The van der Waals surface area contributed by atoms with Gasteiger partial charge in [-0.1, -0.05) is 54.9 Å². The molecular formula is C27H31ClN4O4. The van der Waals surface area contributed by atoms with Crippen molar-refractivity contribution in [1.29, 1.82) is 0 Å². The monoisotopic (exact) mass is 510 g/mol. The van der Waals surface area contributed by atoms with Gasteiger partial charge in [0, 0.05) is 62.9 Å². The van der Waals surface area contributed by atoms with Gasteiger partial charge in [-0.3, -0.25) is 24.2 Å². The average Bonchev–Trinajstić information content (AvgIpc) is 3.22. The number of benzene rings is 2. The highest BCUT2D eigenvalue weighted by molar-refractivity contribution is 6.30. The number of primary amides is 1. The maximum absolute atomic E-state index is 12.3. The summed E-state index contributed by atoms with van der Waals surface area (Å²) in [5.41, 5.74) is 7.43. The van der Waals surface area contributed by atoms with Crippen LogP contribution in [-0.2, 0) is 25.7 Å². The Kier molecular flexibility index (Phi) is 8.21. The number of imide groups is 1. The van der Waals surface area contributed by atoms with Crippen LogP contribution in [0.4, 0.5) is 0 Å². The van der Waals surface area contributed by atoms with Gasteiger partial charge in [-0.25, -0.2) is 4.90 Å². The van der Waals surface area contributed by atoms with Crippen molar-refractivity contribution in [3.05, 3.63) is 71.3 Å². The number of ether oxygens (including phenoxy) is 1. The molecule has 4 rings (SSSR count). The SMILES string of the molecule is CCC(OCCN1CCN(Cc2ccccc2-c2ccc(Cl)cc2)CC1)(C(N)=O)N1C(=O)C=CC1=O. The van der Waals surface area contributed by atoms with Crippen LogP contribution in [0.1, 0.15) is 18.9 Å². The molecule has 2 aromatic carbocycles. The number of hydrogen-bond donors (Lipinski definition) is 1. The number of nitrogens with two attached hydrogens (primary N) is 1. The van der Waals surface area contributed by atoms with E-state index in [0.29, 0.717) is 6.54 Å². The Labute approximate surface area is 216 Å². The van der Waals surface area contributed by atoms with Gasteiger partial charge < -0.3 is 10.5 Å². The minimum atomic E-state index is -1.77. The van der Waals surface area contributed by atoms with Crippen LogP contribution in [-0.4, -0.2) is 77.5 Å². The predicted octanol–water partition coefficient (Wildman–Crippen LogP) is 2.66. The summed E-state index contributed by atoms with van der Waals surface area (Å²) in [6.07, 6.45) is 2.34. The van der Waals surface area contributed by atoms with E-state index in [2.05, 4.69) is 28.0 Å². The van der Waals surface area contributed by atoms with Crippen LogP contribution in [0.15, 0.2) is 60.7 Å². The third-order valence-electron chi connectivity index (χ3n) is 6.81. The van der Waals surface area contributed by atoms with Gasteiger partial charge in [0.05, 0.1) is 6.61 Å². The van der Waals surface area contributed by atoms with E-state index < -0.39 is 23.4 Å². The molecule has 1 atom stereocenters. The van der Waals surface area contributed by atoms with Crippen molar-refractivity contribution in [1.82, 2.24) is 14.7 Å². The molecule has 2 aromatic rings. The molecule has 0 saturated carbocycles. The number of piperazine rings is 1. The van der Waals surface area contributed by atoms with Crippen LogP contribution < -0.4 is 5.73 Å². The van der Waals surface area contributed by atoms with Crippen molar-refractivity contribution >= 4 is 29.3 Å². The average molecular weight is 511 g/mol. The van der Waals surface area contributed by atoms with Gasteiger partial charge >= 0.3 is 0 Å². The Bertz CT molecular complexity index is 1130. The zero-order chi connectivity index (χ0) is 25.7. The third-order valence-corrected chi connectivity index (χ3v) is 7.07. The van der Waals surface area contributed by atoms with Crippen LogP contribution in [0, 0.1) is 0 Å². The molecule has 0 aromatic heterocycles. The number of rotatable bonds is 10. The fourth-order valence-corrected chi connectivity index (χ4v) is 4.89. The summed E-state index contributed by atoms with van der Waals surface area (Å²) in [6.45, 7) is 6.70. The van der Waals surface area contributed by atoms with E-state index in [9.17, 15) is 14.4 Å². The minimum Gasteiger partial charge on any atom is -0.365 e. The number of amides is 3. The number of halogens is 1. The highest BCUT2D eigenvalue weighted by atomic mass is 35.5. The molecule has 2 aliphatic rings. The van der Waals surface area contributed by atoms with E-state index in [1.807, 2.05) is 30.3 Å². The van der Waals surface area contributed by atoms with Crippen molar-refractivity contribution in [2.75, 3.05) is 39.3 Å². The lowest BCUT2D eigenvalue weighted by atomic mass is 9.99. The molecule has 0 aliphatic carbocycles. The van der Waals surface area contributed by atoms with E-state index in [0.717, 1.165) is 60.4 Å². The predicted molar refractivity (Wildman–Crippen MR) is 138 cm³/mol. The Morgan fingerprint density at radius 1 is 0.972 bits per heavy atom. The maximum atomic E-state index is 12.3. The lowest BCUT2D eigenvalue weighted by molar-refractivity contribution is -0.187. The first-order chi connectivity index (χ1) is 17.3. The topological polar surface area (TPSA) is 96.2 Å². The Hall–Kier alpha value is -3.04. The first-order valence-electron chi connectivity index (χ1n) is 12.1. The normalized spacial score (nSPS) is 18.6. The first kappa shape index (κ1) is 26.0. The number of carbonyl (C=O) groups is 3. The molecule has 1 saturated heterocycles. The molecule has 0 bridgehead atoms. The number of hydrogen-bond acceptors (Lipinski definition) is 6. The van der Waals surface area contributed by atoms with Crippen LogP contribution in [0.5, 0.6) is 0 Å². The largest absolute Gasteiger partial charge is 0.365 e. The smallest absolute Gasteiger partial charge is 0.271 e. The summed E-state index contributed by atoms with van der Waals surface area (Å²) >= 11 is 6.06.